The summed E-state index contributed by atoms with van der Waals surface area (Å²) in [6, 6.07) is 0. The van der Waals surface area contributed by atoms with Crippen LogP contribution in [0.1, 0.15) is 69.0 Å². The molecule has 1 saturated heterocycles. The first-order chi connectivity index (χ1) is 9.78. The maximum Gasteiger partial charge on any atom is 0.233 e. The van der Waals surface area contributed by atoms with Crippen molar-refractivity contribution >= 4 is 11.8 Å². The van der Waals surface area contributed by atoms with Crippen molar-refractivity contribution in [3.63, 3.8) is 0 Å². The number of rotatable bonds is 4. The molecule has 1 N–H and O–H groups in total. The zero-order valence-electron chi connectivity index (χ0n) is 12.1. The second-order valence-corrected chi connectivity index (χ2v) is 7.28. The average molecular weight is 296 g/mol. The Morgan fingerprint density at radius 2 is 2.05 bits per heavy atom. The second kappa shape index (κ2) is 6.48. The predicted molar refractivity (Wildman–Crippen MR) is 80.0 cm³/mol. The summed E-state index contributed by atoms with van der Waals surface area (Å²) in [5, 5.41) is 14.1. The van der Waals surface area contributed by atoms with Gasteiger partial charge in [0.05, 0.1) is 12.0 Å². The molecule has 2 heterocycles. The van der Waals surface area contributed by atoms with Crippen molar-refractivity contribution in [1.29, 1.82) is 0 Å². The molecule has 0 aromatic carbocycles. The van der Waals surface area contributed by atoms with Crippen molar-refractivity contribution in [2.45, 2.75) is 63.4 Å². The number of thioether (sulfide) groups is 1. The molecule has 2 fully saturated rings. The SMILES string of the molecule is CCCC1CCC(c2noc(C3CSCC3O)n2)CC1. The summed E-state index contributed by atoms with van der Waals surface area (Å²) in [5.74, 6) is 4.60. The number of aliphatic hydroxyl groups excluding tert-OH is 1. The van der Waals surface area contributed by atoms with Crippen molar-refractivity contribution in [2.75, 3.05) is 11.5 Å². The van der Waals surface area contributed by atoms with Crippen LogP contribution in [0.15, 0.2) is 4.52 Å². The second-order valence-electron chi connectivity index (χ2n) is 6.21. The Labute approximate surface area is 124 Å². The summed E-state index contributed by atoms with van der Waals surface area (Å²) in [4.78, 5) is 4.59. The van der Waals surface area contributed by atoms with E-state index in [1.54, 1.807) is 11.8 Å². The topological polar surface area (TPSA) is 59.2 Å². The van der Waals surface area contributed by atoms with Gasteiger partial charge in [0.2, 0.25) is 5.89 Å². The molecule has 0 spiro atoms. The molecule has 1 aliphatic carbocycles. The Morgan fingerprint density at radius 3 is 2.70 bits per heavy atom. The number of aliphatic hydroxyl groups is 1. The summed E-state index contributed by atoms with van der Waals surface area (Å²) < 4.78 is 5.41. The number of nitrogens with zero attached hydrogens (tertiary/aromatic N) is 2. The monoisotopic (exact) mass is 296 g/mol. The molecule has 1 aromatic rings. The standard InChI is InChI=1S/C15H24N2O2S/c1-2-3-10-4-6-11(7-5-10)14-16-15(19-17-14)12-8-20-9-13(12)18/h10-13,18H,2-9H2,1H3. The number of aromatic nitrogens is 2. The summed E-state index contributed by atoms with van der Waals surface area (Å²) in [6.07, 6.45) is 7.29. The van der Waals surface area contributed by atoms with Crippen molar-refractivity contribution in [1.82, 2.24) is 10.1 Å². The Kier molecular flexibility index (Phi) is 4.66. The number of hydrogen-bond donors (Lipinski definition) is 1. The lowest BCUT2D eigenvalue weighted by molar-refractivity contribution is 0.164. The van der Waals surface area contributed by atoms with Gasteiger partial charge in [-0.1, -0.05) is 24.9 Å². The van der Waals surface area contributed by atoms with Crippen LogP contribution >= 0.6 is 11.8 Å². The van der Waals surface area contributed by atoms with E-state index in [1.165, 1.54) is 38.5 Å². The third-order valence-electron chi connectivity index (χ3n) is 4.73. The minimum atomic E-state index is -0.325. The fraction of sp³-hybridized carbons (Fsp3) is 0.867. The Balaban J connectivity index is 1.60. The molecule has 1 saturated carbocycles. The quantitative estimate of drug-likeness (QED) is 0.923. The smallest absolute Gasteiger partial charge is 0.233 e. The molecule has 4 nitrogen and oxygen atoms in total. The van der Waals surface area contributed by atoms with Crippen LogP contribution in [0.5, 0.6) is 0 Å². The first kappa shape index (κ1) is 14.4. The van der Waals surface area contributed by atoms with Gasteiger partial charge >= 0.3 is 0 Å². The first-order valence-corrected chi connectivity index (χ1v) is 9.02. The number of hydrogen-bond acceptors (Lipinski definition) is 5. The van der Waals surface area contributed by atoms with E-state index >= 15 is 0 Å². The molecule has 5 heteroatoms. The molecular formula is C15H24N2O2S. The van der Waals surface area contributed by atoms with Gasteiger partial charge in [-0.15, -0.1) is 0 Å². The third-order valence-corrected chi connectivity index (χ3v) is 5.91. The Morgan fingerprint density at radius 1 is 1.25 bits per heavy atom. The van der Waals surface area contributed by atoms with Gasteiger partial charge < -0.3 is 9.63 Å². The molecule has 112 valence electrons. The molecular weight excluding hydrogens is 272 g/mol. The summed E-state index contributed by atoms with van der Waals surface area (Å²) in [5.41, 5.74) is 0. The van der Waals surface area contributed by atoms with Gasteiger partial charge in [0, 0.05) is 17.4 Å². The molecule has 3 rings (SSSR count). The molecule has 2 aliphatic rings. The molecule has 2 unspecified atom stereocenters. The maximum absolute atomic E-state index is 9.91. The highest BCUT2D eigenvalue weighted by molar-refractivity contribution is 7.99. The van der Waals surface area contributed by atoms with Gasteiger partial charge in [0.25, 0.3) is 0 Å². The fourth-order valence-corrected chi connectivity index (χ4v) is 4.69. The molecule has 0 bridgehead atoms. The molecule has 1 aliphatic heterocycles. The highest BCUT2D eigenvalue weighted by Gasteiger charge is 2.33. The van der Waals surface area contributed by atoms with Crippen LogP contribution in [0.4, 0.5) is 0 Å². The van der Waals surface area contributed by atoms with Crippen LogP contribution < -0.4 is 0 Å². The van der Waals surface area contributed by atoms with E-state index in [0.717, 1.165) is 23.2 Å². The fourth-order valence-electron chi connectivity index (χ4n) is 3.46. The van der Waals surface area contributed by atoms with E-state index in [9.17, 15) is 5.11 Å². The average Bonchev–Trinajstić information content (AvgIpc) is 3.08. The highest BCUT2D eigenvalue weighted by Crippen LogP contribution is 2.38. The lowest BCUT2D eigenvalue weighted by atomic mass is 9.80. The largest absolute Gasteiger partial charge is 0.391 e. The third kappa shape index (κ3) is 3.03. The minimum Gasteiger partial charge on any atom is -0.391 e. The molecule has 20 heavy (non-hydrogen) atoms. The molecule has 2 atom stereocenters. The highest BCUT2D eigenvalue weighted by atomic mass is 32.2. The van der Waals surface area contributed by atoms with E-state index < -0.39 is 0 Å². The van der Waals surface area contributed by atoms with Crippen LogP contribution in [0.25, 0.3) is 0 Å². The van der Waals surface area contributed by atoms with Gasteiger partial charge in [0.15, 0.2) is 5.82 Å². The van der Waals surface area contributed by atoms with Crippen molar-refractivity contribution in [3.8, 4) is 0 Å². The van der Waals surface area contributed by atoms with E-state index in [2.05, 4.69) is 17.1 Å². The predicted octanol–water partition coefficient (Wildman–Crippen LogP) is 3.33. The molecule has 1 aromatic heterocycles. The van der Waals surface area contributed by atoms with E-state index in [4.69, 9.17) is 4.52 Å². The van der Waals surface area contributed by atoms with Crippen LogP contribution in [0.3, 0.4) is 0 Å². The van der Waals surface area contributed by atoms with Crippen LogP contribution in [-0.2, 0) is 0 Å². The normalized spacial score (nSPS) is 34.5. The van der Waals surface area contributed by atoms with Crippen LogP contribution in [-0.4, -0.2) is 32.9 Å². The van der Waals surface area contributed by atoms with E-state index in [0.29, 0.717) is 11.8 Å². The maximum atomic E-state index is 9.91. The minimum absolute atomic E-state index is 0.0395. The molecule has 0 radical (unpaired) electrons. The lowest BCUT2D eigenvalue weighted by Gasteiger charge is -2.26. The Bertz CT molecular complexity index is 429. The van der Waals surface area contributed by atoms with Gasteiger partial charge in [-0.3, -0.25) is 0 Å². The van der Waals surface area contributed by atoms with Crippen LogP contribution in [0, 0.1) is 5.92 Å². The summed E-state index contributed by atoms with van der Waals surface area (Å²) in [7, 11) is 0. The molecule has 0 amide bonds. The van der Waals surface area contributed by atoms with Crippen LogP contribution in [0.2, 0.25) is 0 Å². The van der Waals surface area contributed by atoms with Gasteiger partial charge in [0.1, 0.15) is 0 Å². The summed E-state index contributed by atoms with van der Waals surface area (Å²) in [6.45, 7) is 2.27. The Hall–Kier alpha value is -0.550. The summed E-state index contributed by atoms with van der Waals surface area (Å²) >= 11 is 1.76. The van der Waals surface area contributed by atoms with Crippen molar-refractivity contribution in [3.05, 3.63) is 11.7 Å². The lowest BCUT2D eigenvalue weighted by Crippen LogP contribution is -2.17. The first-order valence-electron chi connectivity index (χ1n) is 7.87. The van der Waals surface area contributed by atoms with Gasteiger partial charge in [-0.05, 0) is 31.6 Å². The van der Waals surface area contributed by atoms with E-state index in [1.807, 2.05) is 0 Å². The van der Waals surface area contributed by atoms with Crippen molar-refractivity contribution in [2.24, 2.45) is 5.92 Å². The van der Waals surface area contributed by atoms with E-state index in [-0.39, 0.29) is 12.0 Å². The van der Waals surface area contributed by atoms with Gasteiger partial charge in [-0.2, -0.15) is 16.7 Å². The zero-order chi connectivity index (χ0) is 13.9. The zero-order valence-corrected chi connectivity index (χ0v) is 12.9. The van der Waals surface area contributed by atoms with Crippen molar-refractivity contribution < 1.29 is 9.63 Å². The van der Waals surface area contributed by atoms with Gasteiger partial charge in [-0.25, -0.2) is 0 Å².